The molecule has 2 aromatic carbocycles. The lowest BCUT2D eigenvalue weighted by Crippen LogP contribution is -2.36. The number of nitrogens with zero attached hydrogens (tertiary/aromatic N) is 2. The number of hydrazine groups is 1. The standard InChI is InChI=1S/C17H15N3O3/c1-19(2)18-15(21)11-7-9-12(10-8-11)20-16(22)13-5-3-4-6-14(13)17(20)23/h3-10H,1-2H3,(H,18,21). The highest BCUT2D eigenvalue weighted by atomic mass is 16.2. The average molecular weight is 309 g/mol. The monoisotopic (exact) mass is 309 g/mol. The van der Waals surface area contributed by atoms with Gasteiger partial charge in [0.25, 0.3) is 17.7 Å². The maximum absolute atomic E-state index is 12.4. The first-order valence-electron chi connectivity index (χ1n) is 7.05. The molecule has 6 heteroatoms. The fourth-order valence-electron chi connectivity index (χ4n) is 2.45. The first kappa shape index (κ1) is 14.9. The Hall–Kier alpha value is -2.99. The summed E-state index contributed by atoms with van der Waals surface area (Å²) >= 11 is 0. The Bertz CT molecular complexity index is 762. The molecule has 3 rings (SSSR count). The number of imide groups is 1. The molecule has 2 aromatic rings. The highest BCUT2D eigenvalue weighted by Crippen LogP contribution is 2.28. The van der Waals surface area contributed by atoms with Gasteiger partial charge < -0.3 is 0 Å². The van der Waals surface area contributed by atoms with Gasteiger partial charge >= 0.3 is 0 Å². The van der Waals surface area contributed by atoms with Crippen molar-refractivity contribution in [2.45, 2.75) is 0 Å². The van der Waals surface area contributed by atoms with Crippen molar-refractivity contribution < 1.29 is 14.4 Å². The van der Waals surface area contributed by atoms with Crippen LogP contribution in [-0.2, 0) is 0 Å². The molecule has 116 valence electrons. The van der Waals surface area contributed by atoms with E-state index in [-0.39, 0.29) is 17.7 Å². The van der Waals surface area contributed by atoms with Gasteiger partial charge in [0.1, 0.15) is 0 Å². The molecule has 6 nitrogen and oxygen atoms in total. The Balaban J connectivity index is 1.88. The molecule has 1 aliphatic heterocycles. The van der Waals surface area contributed by atoms with E-state index in [0.29, 0.717) is 22.4 Å². The van der Waals surface area contributed by atoms with E-state index >= 15 is 0 Å². The highest BCUT2D eigenvalue weighted by Gasteiger charge is 2.36. The molecule has 0 unspecified atom stereocenters. The molecule has 1 heterocycles. The van der Waals surface area contributed by atoms with E-state index < -0.39 is 0 Å². The van der Waals surface area contributed by atoms with Crippen LogP contribution in [0.15, 0.2) is 48.5 Å². The average Bonchev–Trinajstić information content (AvgIpc) is 2.79. The largest absolute Gasteiger partial charge is 0.285 e. The van der Waals surface area contributed by atoms with Crippen molar-refractivity contribution in [3.63, 3.8) is 0 Å². The lowest BCUT2D eigenvalue weighted by Gasteiger charge is -2.15. The molecule has 0 fully saturated rings. The molecule has 3 amide bonds. The minimum Gasteiger partial charge on any atom is -0.285 e. The van der Waals surface area contributed by atoms with Gasteiger partial charge in [-0.3, -0.25) is 19.8 Å². The Labute approximate surface area is 133 Å². The Morgan fingerprint density at radius 3 is 1.91 bits per heavy atom. The van der Waals surface area contributed by atoms with Crippen LogP contribution in [0.4, 0.5) is 5.69 Å². The molecule has 0 bridgehead atoms. The number of hydrogen-bond acceptors (Lipinski definition) is 4. The highest BCUT2D eigenvalue weighted by molar-refractivity contribution is 6.34. The summed E-state index contributed by atoms with van der Waals surface area (Å²) in [6.07, 6.45) is 0. The van der Waals surface area contributed by atoms with Gasteiger partial charge in [-0.1, -0.05) is 12.1 Å². The molecule has 0 radical (unpaired) electrons. The number of anilines is 1. The molecular formula is C17H15N3O3. The van der Waals surface area contributed by atoms with E-state index in [4.69, 9.17) is 0 Å². The van der Waals surface area contributed by atoms with Gasteiger partial charge in [0.15, 0.2) is 0 Å². The summed E-state index contributed by atoms with van der Waals surface area (Å²) in [6, 6.07) is 13.1. The number of carbonyl (C=O) groups excluding carboxylic acids is 3. The van der Waals surface area contributed by atoms with Crippen molar-refractivity contribution >= 4 is 23.4 Å². The normalized spacial score (nSPS) is 13.4. The molecule has 0 saturated heterocycles. The van der Waals surface area contributed by atoms with Crippen LogP contribution in [0.25, 0.3) is 0 Å². The lowest BCUT2D eigenvalue weighted by atomic mass is 10.1. The molecule has 0 aromatic heterocycles. The number of amides is 3. The van der Waals surface area contributed by atoms with Gasteiger partial charge in [-0.25, -0.2) is 9.91 Å². The fraction of sp³-hybridized carbons (Fsp3) is 0.118. The quantitative estimate of drug-likeness (QED) is 0.692. The maximum atomic E-state index is 12.4. The molecule has 0 aliphatic carbocycles. The Morgan fingerprint density at radius 2 is 1.43 bits per heavy atom. The van der Waals surface area contributed by atoms with Gasteiger partial charge in [0.05, 0.1) is 16.8 Å². The van der Waals surface area contributed by atoms with E-state index in [1.165, 1.54) is 0 Å². The van der Waals surface area contributed by atoms with Crippen molar-refractivity contribution in [2.75, 3.05) is 19.0 Å². The molecular weight excluding hydrogens is 294 g/mol. The Kier molecular flexibility index (Phi) is 3.67. The number of hydrogen-bond donors (Lipinski definition) is 1. The van der Waals surface area contributed by atoms with Gasteiger partial charge in [-0.2, -0.15) is 0 Å². The number of benzene rings is 2. The van der Waals surface area contributed by atoms with Crippen molar-refractivity contribution in [3.8, 4) is 0 Å². The molecule has 23 heavy (non-hydrogen) atoms. The predicted octanol–water partition coefficient (Wildman–Crippen LogP) is 1.69. The second-order valence-electron chi connectivity index (χ2n) is 5.37. The molecule has 1 N–H and O–H groups in total. The van der Waals surface area contributed by atoms with Crippen LogP contribution >= 0.6 is 0 Å². The van der Waals surface area contributed by atoms with E-state index in [2.05, 4.69) is 5.43 Å². The zero-order valence-corrected chi connectivity index (χ0v) is 12.7. The number of rotatable bonds is 3. The summed E-state index contributed by atoms with van der Waals surface area (Å²) in [6.45, 7) is 0. The first-order chi connectivity index (χ1) is 11.0. The summed E-state index contributed by atoms with van der Waals surface area (Å²) in [5.41, 5.74) is 4.30. The van der Waals surface area contributed by atoms with Gasteiger partial charge in [0, 0.05) is 19.7 Å². The van der Waals surface area contributed by atoms with Crippen LogP contribution in [-0.4, -0.2) is 36.8 Å². The molecule has 1 aliphatic rings. The lowest BCUT2D eigenvalue weighted by molar-refractivity contribution is 0.0855. The van der Waals surface area contributed by atoms with E-state index in [9.17, 15) is 14.4 Å². The topological polar surface area (TPSA) is 69.7 Å². The van der Waals surface area contributed by atoms with Crippen molar-refractivity contribution in [1.29, 1.82) is 0 Å². The van der Waals surface area contributed by atoms with Crippen molar-refractivity contribution in [3.05, 3.63) is 65.2 Å². The smallest absolute Gasteiger partial charge is 0.266 e. The SMILES string of the molecule is CN(C)NC(=O)c1ccc(N2C(=O)c3ccccc3C2=O)cc1. The summed E-state index contributed by atoms with van der Waals surface area (Å²) < 4.78 is 0. The summed E-state index contributed by atoms with van der Waals surface area (Å²) in [5.74, 6) is -0.962. The molecule has 0 saturated carbocycles. The van der Waals surface area contributed by atoms with Gasteiger partial charge in [-0.15, -0.1) is 0 Å². The first-order valence-corrected chi connectivity index (χ1v) is 7.05. The van der Waals surface area contributed by atoms with E-state index in [0.717, 1.165) is 4.90 Å². The minimum absolute atomic E-state index is 0.260. The maximum Gasteiger partial charge on any atom is 0.266 e. The number of carbonyl (C=O) groups is 3. The fourth-order valence-corrected chi connectivity index (χ4v) is 2.45. The molecule has 0 spiro atoms. The van der Waals surface area contributed by atoms with E-state index in [1.54, 1.807) is 67.6 Å². The van der Waals surface area contributed by atoms with Gasteiger partial charge in [0.2, 0.25) is 0 Å². The second kappa shape index (κ2) is 5.66. The minimum atomic E-state index is -0.351. The van der Waals surface area contributed by atoms with Crippen LogP contribution < -0.4 is 10.3 Å². The van der Waals surface area contributed by atoms with Gasteiger partial charge in [-0.05, 0) is 36.4 Å². The third-order valence-electron chi connectivity index (χ3n) is 3.51. The second-order valence-corrected chi connectivity index (χ2v) is 5.37. The zero-order valence-electron chi connectivity index (χ0n) is 12.7. The van der Waals surface area contributed by atoms with Crippen LogP contribution in [0.2, 0.25) is 0 Å². The summed E-state index contributed by atoms with van der Waals surface area (Å²) in [7, 11) is 3.43. The van der Waals surface area contributed by atoms with Crippen molar-refractivity contribution in [1.82, 2.24) is 10.4 Å². The number of fused-ring (bicyclic) bond motifs is 1. The van der Waals surface area contributed by atoms with Crippen LogP contribution in [0, 0.1) is 0 Å². The summed E-state index contributed by atoms with van der Waals surface area (Å²) in [5, 5.41) is 1.54. The van der Waals surface area contributed by atoms with Crippen LogP contribution in [0.3, 0.4) is 0 Å². The third-order valence-corrected chi connectivity index (χ3v) is 3.51. The Morgan fingerprint density at radius 1 is 0.913 bits per heavy atom. The third kappa shape index (κ3) is 2.60. The number of nitrogens with one attached hydrogen (secondary N) is 1. The van der Waals surface area contributed by atoms with Crippen LogP contribution in [0.1, 0.15) is 31.1 Å². The summed E-state index contributed by atoms with van der Waals surface area (Å²) in [4.78, 5) is 37.8. The molecule has 0 atom stereocenters. The van der Waals surface area contributed by atoms with Crippen LogP contribution in [0.5, 0.6) is 0 Å². The van der Waals surface area contributed by atoms with E-state index in [1.807, 2.05) is 0 Å². The zero-order chi connectivity index (χ0) is 16.6. The predicted molar refractivity (Wildman–Crippen MR) is 85.2 cm³/mol. The van der Waals surface area contributed by atoms with Crippen molar-refractivity contribution in [2.24, 2.45) is 0 Å².